The van der Waals surface area contributed by atoms with Gasteiger partial charge in [0.1, 0.15) is 12.4 Å². The summed E-state index contributed by atoms with van der Waals surface area (Å²) in [6.07, 6.45) is 2.64. The van der Waals surface area contributed by atoms with Gasteiger partial charge in [0, 0.05) is 11.5 Å². The molecule has 1 saturated carbocycles. The summed E-state index contributed by atoms with van der Waals surface area (Å²) in [6.45, 7) is 9.14. The fourth-order valence-electron chi connectivity index (χ4n) is 2.70. The lowest BCUT2D eigenvalue weighted by Crippen LogP contribution is -2.61. The minimum Gasteiger partial charge on any atom is -0.491 e. The van der Waals surface area contributed by atoms with Crippen LogP contribution in [-0.2, 0) is 4.74 Å². The van der Waals surface area contributed by atoms with Crippen molar-refractivity contribution in [1.29, 1.82) is 0 Å². The lowest BCUT2D eigenvalue weighted by molar-refractivity contribution is -0.121. The Labute approximate surface area is 122 Å². The normalized spacial score (nSPS) is 24.1. The summed E-state index contributed by atoms with van der Waals surface area (Å²) in [7, 11) is 0. The van der Waals surface area contributed by atoms with Gasteiger partial charge in [0.05, 0.1) is 12.7 Å². The van der Waals surface area contributed by atoms with Gasteiger partial charge in [-0.15, -0.1) is 0 Å². The van der Waals surface area contributed by atoms with Crippen molar-refractivity contribution in [2.24, 2.45) is 5.41 Å². The van der Waals surface area contributed by atoms with E-state index in [1.165, 1.54) is 6.42 Å². The molecule has 1 aromatic rings. The number of hydrogen-bond acceptors (Lipinski definition) is 3. The zero-order chi connectivity index (χ0) is 14.4. The Kier molecular flexibility index (Phi) is 5.44. The second-order valence-electron chi connectivity index (χ2n) is 6.08. The molecule has 2 rings (SSSR count). The molecular formula is C17H27NO2. The molecule has 0 radical (unpaired) electrons. The molecule has 1 fully saturated rings. The predicted octanol–water partition coefficient (Wildman–Crippen LogP) is 3.25. The molecule has 3 heteroatoms. The summed E-state index contributed by atoms with van der Waals surface area (Å²) in [5.41, 5.74) is 0.224. The van der Waals surface area contributed by atoms with Crippen molar-refractivity contribution in [1.82, 2.24) is 5.32 Å². The molecule has 0 amide bonds. The van der Waals surface area contributed by atoms with Crippen LogP contribution in [0.25, 0.3) is 0 Å². The Hall–Kier alpha value is -1.06. The maximum Gasteiger partial charge on any atom is 0.119 e. The van der Waals surface area contributed by atoms with Gasteiger partial charge in [-0.3, -0.25) is 0 Å². The second-order valence-corrected chi connectivity index (χ2v) is 6.08. The highest BCUT2D eigenvalue weighted by atomic mass is 16.5. The zero-order valence-corrected chi connectivity index (χ0v) is 12.9. The van der Waals surface area contributed by atoms with Crippen molar-refractivity contribution in [3.8, 4) is 5.75 Å². The number of ether oxygens (including phenoxy) is 2. The summed E-state index contributed by atoms with van der Waals surface area (Å²) in [6, 6.07) is 10.5. The smallest absolute Gasteiger partial charge is 0.119 e. The lowest BCUT2D eigenvalue weighted by Gasteiger charge is -2.52. The summed E-state index contributed by atoms with van der Waals surface area (Å²) in [5.74, 6) is 0.909. The molecule has 0 aromatic heterocycles. The van der Waals surface area contributed by atoms with Crippen LogP contribution < -0.4 is 10.1 Å². The standard InChI is InChI=1S/C17H27NO2/c1-4-10-18-15-13-16(17(15,2)3)20-12-11-19-14-8-6-5-7-9-14/h5-9,15-16,18H,4,10-13H2,1-3H3. The fraction of sp³-hybridized carbons (Fsp3) is 0.647. The molecular weight excluding hydrogens is 250 g/mol. The fourth-order valence-corrected chi connectivity index (χ4v) is 2.70. The van der Waals surface area contributed by atoms with Crippen LogP contribution in [0.2, 0.25) is 0 Å². The van der Waals surface area contributed by atoms with Crippen molar-refractivity contribution in [3.63, 3.8) is 0 Å². The van der Waals surface area contributed by atoms with Crippen molar-refractivity contribution >= 4 is 0 Å². The molecule has 0 bridgehead atoms. The molecule has 0 saturated heterocycles. The maximum atomic E-state index is 5.96. The molecule has 112 valence electrons. The van der Waals surface area contributed by atoms with Crippen LogP contribution in [0.15, 0.2) is 30.3 Å². The number of para-hydroxylation sites is 1. The van der Waals surface area contributed by atoms with Crippen molar-refractivity contribution in [2.75, 3.05) is 19.8 Å². The first-order chi connectivity index (χ1) is 9.64. The highest BCUT2D eigenvalue weighted by Crippen LogP contribution is 2.42. The zero-order valence-electron chi connectivity index (χ0n) is 12.9. The minimum atomic E-state index is 0.224. The van der Waals surface area contributed by atoms with Gasteiger partial charge in [-0.25, -0.2) is 0 Å². The third kappa shape index (κ3) is 3.74. The van der Waals surface area contributed by atoms with Gasteiger partial charge in [0.15, 0.2) is 0 Å². The average molecular weight is 277 g/mol. The van der Waals surface area contributed by atoms with E-state index in [4.69, 9.17) is 9.47 Å². The Bertz CT molecular complexity index is 391. The summed E-state index contributed by atoms with van der Waals surface area (Å²) in [5, 5.41) is 3.59. The Balaban J connectivity index is 1.63. The van der Waals surface area contributed by atoms with Gasteiger partial charge in [-0.2, -0.15) is 0 Å². The Morgan fingerprint density at radius 1 is 1.20 bits per heavy atom. The Morgan fingerprint density at radius 3 is 2.60 bits per heavy atom. The van der Waals surface area contributed by atoms with Gasteiger partial charge in [-0.1, -0.05) is 39.0 Å². The van der Waals surface area contributed by atoms with Gasteiger partial charge in [0.25, 0.3) is 0 Å². The molecule has 1 aromatic carbocycles. The van der Waals surface area contributed by atoms with Crippen molar-refractivity contribution in [3.05, 3.63) is 30.3 Å². The van der Waals surface area contributed by atoms with E-state index >= 15 is 0 Å². The molecule has 0 spiro atoms. The number of rotatable bonds is 8. The van der Waals surface area contributed by atoms with E-state index in [1.54, 1.807) is 0 Å². The molecule has 1 aliphatic rings. The predicted molar refractivity (Wildman–Crippen MR) is 82.2 cm³/mol. The number of benzene rings is 1. The van der Waals surface area contributed by atoms with Crippen LogP contribution >= 0.6 is 0 Å². The largest absolute Gasteiger partial charge is 0.491 e. The van der Waals surface area contributed by atoms with Crippen LogP contribution in [0.5, 0.6) is 5.75 Å². The Morgan fingerprint density at radius 2 is 1.95 bits per heavy atom. The SMILES string of the molecule is CCCNC1CC(OCCOc2ccccc2)C1(C)C. The van der Waals surface area contributed by atoms with E-state index in [9.17, 15) is 0 Å². The first kappa shape index (κ1) is 15.3. The quantitative estimate of drug-likeness (QED) is 0.740. The molecule has 1 aliphatic carbocycles. The van der Waals surface area contributed by atoms with E-state index in [0.29, 0.717) is 25.4 Å². The molecule has 0 heterocycles. The van der Waals surface area contributed by atoms with Gasteiger partial charge in [0.2, 0.25) is 0 Å². The van der Waals surface area contributed by atoms with Crippen LogP contribution in [0.3, 0.4) is 0 Å². The number of nitrogens with one attached hydrogen (secondary N) is 1. The van der Waals surface area contributed by atoms with E-state index < -0.39 is 0 Å². The second kappa shape index (κ2) is 7.09. The molecule has 2 unspecified atom stereocenters. The number of hydrogen-bond donors (Lipinski definition) is 1. The van der Waals surface area contributed by atoms with E-state index in [0.717, 1.165) is 18.7 Å². The summed E-state index contributed by atoms with van der Waals surface area (Å²) >= 11 is 0. The first-order valence-corrected chi connectivity index (χ1v) is 7.67. The third-order valence-electron chi connectivity index (χ3n) is 4.23. The third-order valence-corrected chi connectivity index (χ3v) is 4.23. The van der Waals surface area contributed by atoms with Crippen molar-refractivity contribution < 1.29 is 9.47 Å². The van der Waals surface area contributed by atoms with E-state index in [2.05, 4.69) is 26.1 Å². The van der Waals surface area contributed by atoms with Crippen LogP contribution in [0, 0.1) is 5.41 Å². The monoisotopic (exact) mass is 277 g/mol. The van der Waals surface area contributed by atoms with Crippen molar-refractivity contribution in [2.45, 2.75) is 45.8 Å². The topological polar surface area (TPSA) is 30.5 Å². The van der Waals surface area contributed by atoms with Gasteiger partial charge >= 0.3 is 0 Å². The molecule has 3 nitrogen and oxygen atoms in total. The van der Waals surface area contributed by atoms with E-state index in [-0.39, 0.29) is 5.41 Å². The van der Waals surface area contributed by atoms with Crippen LogP contribution in [-0.4, -0.2) is 31.9 Å². The highest BCUT2D eigenvalue weighted by Gasteiger charge is 2.48. The van der Waals surface area contributed by atoms with Gasteiger partial charge in [-0.05, 0) is 31.5 Å². The summed E-state index contributed by atoms with van der Waals surface area (Å²) < 4.78 is 11.6. The van der Waals surface area contributed by atoms with E-state index in [1.807, 2.05) is 30.3 Å². The molecule has 1 N–H and O–H groups in total. The minimum absolute atomic E-state index is 0.224. The van der Waals surface area contributed by atoms with Crippen LogP contribution in [0.1, 0.15) is 33.6 Å². The average Bonchev–Trinajstić information content (AvgIpc) is 2.46. The lowest BCUT2D eigenvalue weighted by atomic mass is 9.64. The van der Waals surface area contributed by atoms with Gasteiger partial charge < -0.3 is 14.8 Å². The molecule has 2 atom stereocenters. The first-order valence-electron chi connectivity index (χ1n) is 7.67. The highest BCUT2D eigenvalue weighted by molar-refractivity contribution is 5.20. The maximum absolute atomic E-state index is 5.96. The van der Waals surface area contributed by atoms with Crippen LogP contribution in [0.4, 0.5) is 0 Å². The molecule has 20 heavy (non-hydrogen) atoms. The summed E-state index contributed by atoms with van der Waals surface area (Å²) in [4.78, 5) is 0. The molecule has 0 aliphatic heterocycles.